The van der Waals surface area contributed by atoms with Gasteiger partial charge in [0.15, 0.2) is 17.1 Å². The van der Waals surface area contributed by atoms with E-state index in [1.54, 1.807) is 38.7 Å². The van der Waals surface area contributed by atoms with Crippen molar-refractivity contribution in [3.8, 4) is 11.5 Å². The Morgan fingerprint density at radius 1 is 1.00 bits per heavy atom. The Balaban J connectivity index is 1.48. The molecule has 0 bridgehead atoms. The van der Waals surface area contributed by atoms with Crippen LogP contribution in [0.4, 0.5) is 4.39 Å². The molecule has 160 valence electrons. The zero-order valence-corrected chi connectivity index (χ0v) is 17.4. The van der Waals surface area contributed by atoms with Crippen molar-refractivity contribution in [1.29, 1.82) is 0 Å². The van der Waals surface area contributed by atoms with E-state index < -0.39 is 0 Å². The summed E-state index contributed by atoms with van der Waals surface area (Å²) in [4.78, 5) is 12.9. The first-order valence-corrected chi connectivity index (χ1v) is 9.89. The normalized spacial score (nSPS) is 10.9. The lowest BCUT2D eigenvalue weighted by Gasteiger charge is -2.12. The molecule has 0 aliphatic heterocycles. The summed E-state index contributed by atoms with van der Waals surface area (Å²) in [7, 11) is 3.18. The number of amides is 1. The predicted octanol–water partition coefficient (Wildman–Crippen LogP) is 4.41. The number of ether oxygens (including phenoxy) is 2. The minimum absolute atomic E-state index is 0.200. The SMILES string of the molecule is COc1ccc(CCNC(=O)c2cc3occc3n2Cc2ccc(F)cc2)cc1OC. The standard InChI is InChI=1S/C24H23FN2O4/c1-29-21-8-5-16(13-23(21)30-2)9-11-26-24(28)20-14-22-19(10-12-31-22)27(20)15-17-3-6-18(25)7-4-17/h3-8,10,12-14H,9,11,15H2,1-2H3,(H,26,28). The van der Waals surface area contributed by atoms with Crippen molar-refractivity contribution in [3.05, 3.63) is 83.5 Å². The van der Waals surface area contributed by atoms with E-state index in [0.717, 1.165) is 16.6 Å². The number of furan rings is 1. The maximum atomic E-state index is 13.2. The van der Waals surface area contributed by atoms with Gasteiger partial charge >= 0.3 is 0 Å². The number of nitrogens with zero attached hydrogens (tertiary/aromatic N) is 1. The van der Waals surface area contributed by atoms with Crippen molar-refractivity contribution >= 4 is 17.0 Å². The van der Waals surface area contributed by atoms with Gasteiger partial charge in [0.2, 0.25) is 0 Å². The molecule has 0 saturated heterocycles. The molecular weight excluding hydrogens is 399 g/mol. The Kier molecular flexibility index (Phi) is 5.93. The molecule has 0 spiro atoms. The van der Waals surface area contributed by atoms with Gasteiger partial charge in [-0.05, 0) is 41.8 Å². The van der Waals surface area contributed by atoms with Gasteiger partial charge in [0.25, 0.3) is 5.91 Å². The van der Waals surface area contributed by atoms with Crippen LogP contribution in [0.15, 0.2) is 65.3 Å². The maximum absolute atomic E-state index is 13.2. The molecule has 1 N–H and O–H groups in total. The zero-order valence-electron chi connectivity index (χ0n) is 17.4. The first kappa shape index (κ1) is 20.5. The number of hydrogen-bond donors (Lipinski definition) is 1. The van der Waals surface area contributed by atoms with Crippen molar-refractivity contribution in [2.24, 2.45) is 0 Å². The Morgan fingerprint density at radius 3 is 2.48 bits per heavy atom. The first-order valence-electron chi connectivity index (χ1n) is 9.89. The summed E-state index contributed by atoms with van der Waals surface area (Å²) in [5, 5.41) is 2.97. The summed E-state index contributed by atoms with van der Waals surface area (Å²) in [6.07, 6.45) is 2.23. The van der Waals surface area contributed by atoms with E-state index in [0.29, 0.717) is 42.3 Å². The van der Waals surface area contributed by atoms with Crippen LogP contribution in [0, 0.1) is 5.82 Å². The van der Waals surface area contributed by atoms with Gasteiger partial charge in [-0.15, -0.1) is 0 Å². The van der Waals surface area contributed by atoms with Crippen molar-refractivity contribution in [3.63, 3.8) is 0 Å². The lowest BCUT2D eigenvalue weighted by Crippen LogP contribution is -2.28. The van der Waals surface area contributed by atoms with Crippen LogP contribution in [0.3, 0.4) is 0 Å². The lowest BCUT2D eigenvalue weighted by atomic mass is 10.1. The fourth-order valence-electron chi connectivity index (χ4n) is 3.56. The molecule has 4 rings (SSSR count). The van der Waals surface area contributed by atoms with Crippen LogP contribution in [0.1, 0.15) is 21.6 Å². The zero-order chi connectivity index (χ0) is 21.8. The Labute approximate surface area is 179 Å². The van der Waals surface area contributed by atoms with Gasteiger partial charge in [-0.1, -0.05) is 18.2 Å². The number of carbonyl (C=O) groups is 1. The van der Waals surface area contributed by atoms with E-state index in [1.807, 2.05) is 28.8 Å². The van der Waals surface area contributed by atoms with Crippen LogP contribution in [0.25, 0.3) is 11.1 Å². The minimum atomic E-state index is -0.294. The molecule has 0 fully saturated rings. The molecule has 2 aromatic carbocycles. The minimum Gasteiger partial charge on any atom is -0.493 e. The van der Waals surface area contributed by atoms with Gasteiger partial charge < -0.3 is 23.8 Å². The summed E-state index contributed by atoms with van der Waals surface area (Å²) < 4.78 is 31.2. The first-order chi connectivity index (χ1) is 15.1. The molecule has 0 atom stereocenters. The van der Waals surface area contributed by atoms with E-state index >= 15 is 0 Å². The van der Waals surface area contributed by atoms with E-state index in [4.69, 9.17) is 13.9 Å². The highest BCUT2D eigenvalue weighted by molar-refractivity contribution is 5.97. The summed E-state index contributed by atoms with van der Waals surface area (Å²) in [6.45, 7) is 0.888. The average Bonchev–Trinajstić information content (AvgIpc) is 3.37. The number of benzene rings is 2. The number of carbonyl (C=O) groups excluding carboxylic acids is 1. The van der Waals surface area contributed by atoms with E-state index in [-0.39, 0.29) is 11.7 Å². The van der Waals surface area contributed by atoms with Crippen molar-refractivity contribution < 1.29 is 23.1 Å². The van der Waals surface area contributed by atoms with Gasteiger partial charge in [-0.2, -0.15) is 0 Å². The lowest BCUT2D eigenvalue weighted by molar-refractivity contribution is 0.0945. The topological polar surface area (TPSA) is 65.6 Å². The number of aromatic nitrogens is 1. The van der Waals surface area contributed by atoms with Gasteiger partial charge in [0.1, 0.15) is 11.5 Å². The third-order valence-corrected chi connectivity index (χ3v) is 5.16. The van der Waals surface area contributed by atoms with E-state index in [1.165, 1.54) is 12.1 Å². The number of nitrogens with one attached hydrogen (secondary N) is 1. The van der Waals surface area contributed by atoms with Crippen LogP contribution in [0.5, 0.6) is 11.5 Å². The highest BCUT2D eigenvalue weighted by Gasteiger charge is 2.17. The molecule has 2 aromatic heterocycles. The molecule has 0 saturated carbocycles. The quantitative estimate of drug-likeness (QED) is 0.457. The number of methoxy groups -OCH3 is 2. The fraction of sp³-hybridized carbons (Fsp3) is 0.208. The summed E-state index contributed by atoms with van der Waals surface area (Å²) in [5.74, 6) is 0.822. The van der Waals surface area contributed by atoms with Crippen LogP contribution in [-0.4, -0.2) is 31.2 Å². The molecule has 4 aromatic rings. The van der Waals surface area contributed by atoms with E-state index in [9.17, 15) is 9.18 Å². The molecular formula is C24H23FN2O4. The average molecular weight is 422 g/mol. The Morgan fingerprint density at radius 2 is 1.74 bits per heavy atom. The third kappa shape index (κ3) is 4.40. The molecule has 1 amide bonds. The predicted molar refractivity (Wildman–Crippen MR) is 115 cm³/mol. The molecule has 0 unspecified atom stereocenters. The molecule has 6 nitrogen and oxygen atoms in total. The monoisotopic (exact) mass is 422 g/mol. The van der Waals surface area contributed by atoms with Crippen LogP contribution < -0.4 is 14.8 Å². The molecule has 0 aliphatic rings. The number of rotatable bonds is 8. The number of halogens is 1. The van der Waals surface area contributed by atoms with Crippen LogP contribution in [-0.2, 0) is 13.0 Å². The summed E-state index contributed by atoms with van der Waals surface area (Å²) in [5.41, 5.74) is 3.85. The van der Waals surface area contributed by atoms with Gasteiger partial charge in [0, 0.05) is 25.2 Å². The molecule has 0 radical (unpaired) electrons. The highest BCUT2D eigenvalue weighted by atomic mass is 19.1. The largest absolute Gasteiger partial charge is 0.493 e. The summed E-state index contributed by atoms with van der Waals surface area (Å²) >= 11 is 0. The van der Waals surface area contributed by atoms with Crippen LogP contribution in [0.2, 0.25) is 0 Å². The van der Waals surface area contributed by atoms with Crippen molar-refractivity contribution in [2.45, 2.75) is 13.0 Å². The number of hydrogen-bond acceptors (Lipinski definition) is 4. The second kappa shape index (κ2) is 8.95. The smallest absolute Gasteiger partial charge is 0.268 e. The van der Waals surface area contributed by atoms with Gasteiger partial charge in [-0.25, -0.2) is 4.39 Å². The maximum Gasteiger partial charge on any atom is 0.268 e. The third-order valence-electron chi connectivity index (χ3n) is 5.16. The Bertz CT molecular complexity index is 1190. The molecule has 2 heterocycles. The van der Waals surface area contributed by atoms with E-state index in [2.05, 4.69) is 5.32 Å². The Hall–Kier alpha value is -3.74. The molecule has 31 heavy (non-hydrogen) atoms. The molecule has 7 heteroatoms. The van der Waals surface area contributed by atoms with Crippen molar-refractivity contribution in [1.82, 2.24) is 9.88 Å². The number of fused-ring (bicyclic) bond motifs is 1. The van der Waals surface area contributed by atoms with Crippen LogP contribution >= 0.6 is 0 Å². The second-order valence-electron chi connectivity index (χ2n) is 7.11. The van der Waals surface area contributed by atoms with Gasteiger partial charge in [-0.3, -0.25) is 4.79 Å². The molecule has 0 aliphatic carbocycles. The highest BCUT2D eigenvalue weighted by Crippen LogP contribution is 2.27. The summed E-state index contributed by atoms with van der Waals surface area (Å²) in [6, 6.07) is 15.5. The van der Waals surface area contributed by atoms with Gasteiger partial charge in [0.05, 0.1) is 26.0 Å². The fourth-order valence-corrected chi connectivity index (χ4v) is 3.56. The second-order valence-corrected chi connectivity index (χ2v) is 7.11. The van der Waals surface area contributed by atoms with Crippen molar-refractivity contribution in [2.75, 3.05) is 20.8 Å².